The van der Waals surface area contributed by atoms with Crippen LogP contribution >= 0.6 is 23.4 Å². The topological polar surface area (TPSA) is 91.8 Å². The van der Waals surface area contributed by atoms with Crippen molar-refractivity contribution in [2.24, 2.45) is 0 Å². The van der Waals surface area contributed by atoms with Crippen LogP contribution in [0.5, 0.6) is 0 Å². The van der Waals surface area contributed by atoms with Crippen molar-refractivity contribution in [3.05, 3.63) is 64.3 Å². The van der Waals surface area contributed by atoms with Gasteiger partial charge in [0.1, 0.15) is 4.91 Å². The molecular weight excluding hydrogens is 348 g/mol. The third-order valence-corrected chi connectivity index (χ3v) is 4.13. The van der Waals surface area contributed by atoms with Gasteiger partial charge in [0, 0.05) is 23.0 Å². The highest BCUT2D eigenvalue weighted by atomic mass is 35.5. The van der Waals surface area contributed by atoms with Gasteiger partial charge >= 0.3 is 5.97 Å². The highest BCUT2D eigenvalue weighted by Gasteiger charge is 2.14. The molecule has 0 bridgehead atoms. The lowest BCUT2D eigenvalue weighted by Crippen LogP contribution is -1.97. The zero-order chi connectivity index (χ0) is 16.9. The van der Waals surface area contributed by atoms with Crippen LogP contribution in [-0.4, -0.2) is 31.2 Å². The fourth-order valence-electron chi connectivity index (χ4n) is 1.87. The van der Waals surface area contributed by atoms with Gasteiger partial charge in [-0.25, -0.2) is 9.78 Å². The molecule has 2 aromatic heterocycles. The van der Waals surface area contributed by atoms with E-state index in [2.05, 4.69) is 20.2 Å². The molecule has 0 saturated heterocycles. The van der Waals surface area contributed by atoms with Crippen molar-refractivity contribution >= 4 is 35.4 Å². The second-order valence-corrected chi connectivity index (χ2v) is 6.12. The molecule has 120 valence electrons. The first-order valence-electron chi connectivity index (χ1n) is 6.83. The molecule has 2 N–H and O–H groups in total. The van der Waals surface area contributed by atoms with Gasteiger partial charge in [-0.3, -0.25) is 10.1 Å². The number of aromatic amines is 1. The molecular formula is C16H11ClN4O2S. The summed E-state index contributed by atoms with van der Waals surface area (Å²) < 4.78 is 0. The Hall–Kier alpha value is -2.64. The van der Waals surface area contributed by atoms with E-state index < -0.39 is 5.97 Å². The monoisotopic (exact) mass is 358 g/mol. The lowest BCUT2D eigenvalue weighted by Gasteiger charge is -1.99. The number of aliphatic carboxylic acids is 1. The molecule has 0 aliphatic rings. The van der Waals surface area contributed by atoms with Gasteiger partial charge in [-0.05, 0) is 59.8 Å². The molecule has 0 aliphatic carbocycles. The number of thioether (sulfide) groups is 1. The zero-order valence-corrected chi connectivity index (χ0v) is 13.8. The van der Waals surface area contributed by atoms with Gasteiger partial charge in [0.05, 0.1) is 0 Å². The van der Waals surface area contributed by atoms with Crippen molar-refractivity contribution < 1.29 is 9.90 Å². The molecule has 2 heterocycles. The van der Waals surface area contributed by atoms with Gasteiger partial charge in [-0.2, -0.15) is 0 Å². The highest BCUT2D eigenvalue weighted by molar-refractivity contribution is 8.04. The number of benzene rings is 1. The molecule has 3 rings (SSSR count). The molecule has 0 radical (unpaired) electrons. The first kappa shape index (κ1) is 16.2. The van der Waals surface area contributed by atoms with E-state index in [1.807, 2.05) is 12.1 Å². The van der Waals surface area contributed by atoms with Crippen LogP contribution in [-0.2, 0) is 4.79 Å². The third-order valence-electron chi connectivity index (χ3n) is 3.00. The van der Waals surface area contributed by atoms with Gasteiger partial charge in [0.15, 0.2) is 5.82 Å². The number of aromatic nitrogens is 4. The Bertz CT molecular complexity index is 879. The molecule has 0 saturated carbocycles. The van der Waals surface area contributed by atoms with Gasteiger partial charge in [0.25, 0.3) is 0 Å². The van der Waals surface area contributed by atoms with Gasteiger partial charge < -0.3 is 5.11 Å². The molecule has 0 aliphatic heterocycles. The van der Waals surface area contributed by atoms with Crippen molar-refractivity contribution in [1.29, 1.82) is 0 Å². The SMILES string of the molecule is O=C(O)/C(=C/c1ccncc1)Sc1n[nH]c(-c2ccc(Cl)cc2)n1. The van der Waals surface area contributed by atoms with Crippen LogP contribution < -0.4 is 0 Å². The molecule has 0 spiro atoms. The second kappa shape index (κ2) is 7.29. The summed E-state index contributed by atoms with van der Waals surface area (Å²) in [7, 11) is 0. The molecule has 24 heavy (non-hydrogen) atoms. The molecule has 0 atom stereocenters. The van der Waals surface area contributed by atoms with E-state index in [9.17, 15) is 9.90 Å². The molecule has 0 amide bonds. The molecule has 1 aromatic carbocycles. The maximum atomic E-state index is 11.4. The molecule has 6 nitrogen and oxygen atoms in total. The summed E-state index contributed by atoms with van der Waals surface area (Å²) in [6.07, 6.45) is 4.75. The van der Waals surface area contributed by atoms with E-state index in [0.29, 0.717) is 16.0 Å². The first-order valence-corrected chi connectivity index (χ1v) is 8.02. The number of halogens is 1. The van der Waals surface area contributed by atoms with E-state index in [1.54, 1.807) is 42.7 Å². The highest BCUT2D eigenvalue weighted by Crippen LogP contribution is 2.27. The maximum Gasteiger partial charge on any atom is 0.342 e. The second-order valence-electron chi connectivity index (χ2n) is 4.67. The van der Waals surface area contributed by atoms with Crippen molar-refractivity contribution in [2.75, 3.05) is 0 Å². The summed E-state index contributed by atoms with van der Waals surface area (Å²) in [6.45, 7) is 0. The van der Waals surface area contributed by atoms with Crippen molar-refractivity contribution in [2.45, 2.75) is 5.16 Å². The van der Waals surface area contributed by atoms with E-state index in [-0.39, 0.29) is 4.91 Å². The summed E-state index contributed by atoms with van der Waals surface area (Å²) in [4.78, 5) is 19.8. The summed E-state index contributed by atoms with van der Waals surface area (Å²) in [5.74, 6) is -0.502. The minimum absolute atomic E-state index is 0.114. The normalized spacial score (nSPS) is 11.5. The van der Waals surface area contributed by atoms with Crippen molar-refractivity contribution in [3.8, 4) is 11.4 Å². The third kappa shape index (κ3) is 4.01. The summed E-state index contributed by atoms with van der Waals surface area (Å²) in [5, 5.41) is 17.2. The smallest absolute Gasteiger partial charge is 0.342 e. The Morgan fingerprint density at radius 3 is 2.54 bits per heavy atom. The largest absolute Gasteiger partial charge is 0.477 e. The number of hydrogen-bond acceptors (Lipinski definition) is 5. The molecule has 8 heteroatoms. The van der Waals surface area contributed by atoms with Crippen LogP contribution in [0.1, 0.15) is 5.56 Å². The zero-order valence-electron chi connectivity index (χ0n) is 12.2. The number of nitrogens with zero attached hydrogens (tertiary/aromatic N) is 3. The minimum atomic E-state index is -1.05. The van der Waals surface area contributed by atoms with Crippen molar-refractivity contribution in [3.63, 3.8) is 0 Å². The van der Waals surface area contributed by atoms with Crippen LogP contribution in [0.15, 0.2) is 58.9 Å². The predicted octanol–water partition coefficient (Wildman–Crippen LogP) is 3.74. The van der Waals surface area contributed by atoms with Gasteiger partial charge in [0.2, 0.25) is 5.16 Å². The summed E-state index contributed by atoms with van der Waals surface area (Å²) >= 11 is 6.83. The number of carbonyl (C=O) groups is 1. The standard InChI is InChI=1S/C16H11ClN4O2S/c17-12-3-1-11(2-4-12)14-19-16(21-20-14)24-13(15(22)23)9-10-5-7-18-8-6-10/h1-9H,(H,22,23)(H,19,20,21)/b13-9-. The predicted molar refractivity (Wildman–Crippen MR) is 92.5 cm³/mol. The summed E-state index contributed by atoms with van der Waals surface area (Å²) in [6, 6.07) is 10.6. The lowest BCUT2D eigenvalue weighted by molar-refractivity contribution is -0.131. The molecule has 3 aromatic rings. The Kier molecular flexibility index (Phi) is 4.93. The minimum Gasteiger partial charge on any atom is -0.477 e. The maximum absolute atomic E-state index is 11.4. The van der Waals surface area contributed by atoms with E-state index in [0.717, 1.165) is 22.9 Å². The van der Waals surface area contributed by atoms with E-state index >= 15 is 0 Å². The average Bonchev–Trinajstić information content (AvgIpc) is 3.04. The van der Waals surface area contributed by atoms with Gasteiger partial charge in [-0.15, -0.1) is 5.10 Å². The van der Waals surface area contributed by atoms with Gasteiger partial charge in [-0.1, -0.05) is 11.6 Å². The Morgan fingerprint density at radius 1 is 1.17 bits per heavy atom. The quantitative estimate of drug-likeness (QED) is 0.533. The van der Waals surface area contributed by atoms with E-state index in [1.165, 1.54) is 0 Å². The number of carboxylic acid groups (broad SMARTS) is 1. The van der Waals surface area contributed by atoms with E-state index in [4.69, 9.17) is 11.6 Å². The lowest BCUT2D eigenvalue weighted by atomic mass is 10.2. The van der Waals surface area contributed by atoms with Crippen LogP contribution in [0.2, 0.25) is 5.02 Å². The fraction of sp³-hybridized carbons (Fsp3) is 0. The summed E-state index contributed by atoms with van der Waals surface area (Å²) in [5.41, 5.74) is 1.55. The van der Waals surface area contributed by atoms with Crippen LogP contribution in [0, 0.1) is 0 Å². The number of hydrogen-bond donors (Lipinski definition) is 2. The first-order chi connectivity index (χ1) is 11.6. The van der Waals surface area contributed by atoms with Crippen molar-refractivity contribution in [1.82, 2.24) is 20.2 Å². The Balaban J connectivity index is 1.83. The van der Waals surface area contributed by atoms with Crippen LogP contribution in [0.25, 0.3) is 17.5 Å². The van der Waals surface area contributed by atoms with Crippen LogP contribution in [0.4, 0.5) is 0 Å². The number of rotatable bonds is 5. The number of H-pyrrole nitrogens is 1. The number of pyridine rings is 1. The Morgan fingerprint density at radius 2 is 1.88 bits per heavy atom. The molecule has 0 unspecified atom stereocenters. The van der Waals surface area contributed by atoms with Crippen LogP contribution in [0.3, 0.4) is 0 Å². The molecule has 0 fully saturated rings. The Labute approximate surface area is 146 Å². The fourth-order valence-corrected chi connectivity index (χ4v) is 2.71. The number of nitrogens with one attached hydrogen (secondary N) is 1. The number of carboxylic acids is 1. The average molecular weight is 359 g/mol.